The Morgan fingerprint density at radius 3 is 2.43 bits per heavy atom. The summed E-state index contributed by atoms with van der Waals surface area (Å²) in [5, 5.41) is 6.04. The number of carbonyl (C=O) groups excluding carboxylic acids is 3. The lowest BCUT2D eigenvalue weighted by Crippen LogP contribution is -2.47. The fraction of sp³-hybridized carbons (Fsp3) is 0.480. The second-order valence-corrected chi connectivity index (χ2v) is 9.74. The van der Waals surface area contributed by atoms with Gasteiger partial charge in [-0.3, -0.25) is 14.5 Å². The Morgan fingerprint density at radius 1 is 1.19 bits per heavy atom. The summed E-state index contributed by atoms with van der Waals surface area (Å²) < 4.78 is 10.7. The molecule has 1 aromatic heterocycles. The van der Waals surface area contributed by atoms with Crippen LogP contribution >= 0.6 is 11.6 Å². The molecule has 1 aromatic carbocycles. The molecule has 0 saturated carbocycles. The maximum Gasteiger partial charge on any atom is 0.410 e. The van der Waals surface area contributed by atoms with Gasteiger partial charge in [-0.25, -0.2) is 14.8 Å². The van der Waals surface area contributed by atoms with Gasteiger partial charge in [-0.15, -0.1) is 0 Å². The van der Waals surface area contributed by atoms with Gasteiger partial charge in [-0.1, -0.05) is 18.5 Å². The molecule has 4 N–H and O–H groups in total. The van der Waals surface area contributed by atoms with Gasteiger partial charge in [-0.2, -0.15) is 0 Å². The summed E-state index contributed by atoms with van der Waals surface area (Å²) in [5.41, 5.74) is 6.67. The predicted octanol–water partition coefficient (Wildman–Crippen LogP) is 3.46. The largest absolute Gasteiger partial charge is 0.497 e. The maximum absolute atomic E-state index is 12.6. The lowest BCUT2D eigenvalue weighted by molar-refractivity contribution is -0.125. The van der Waals surface area contributed by atoms with Gasteiger partial charge in [0.05, 0.1) is 12.8 Å². The molecule has 0 bridgehead atoms. The summed E-state index contributed by atoms with van der Waals surface area (Å²) in [6, 6.07) is 4.63. The molecule has 0 radical (unpaired) electrons. The van der Waals surface area contributed by atoms with E-state index in [4.69, 9.17) is 26.8 Å². The number of carbonyl (C=O) groups is 3. The molecular weight excluding hydrogens is 500 g/mol. The number of primary amides is 1. The highest BCUT2D eigenvalue weighted by atomic mass is 35.5. The molecule has 2 aromatic rings. The quantitative estimate of drug-likeness (QED) is 0.419. The monoisotopic (exact) mass is 534 g/mol. The minimum atomic E-state index is -0.738. The van der Waals surface area contributed by atoms with Gasteiger partial charge in [0.2, 0.25) is 5.91 Å². The van der Waals surface area contributed by atoms with Gasteiger partial charge >= 0.3 is 6.09 Å². The number of nitrogens with two attached hydrogens (primary N) is 1. The van der Waals surface area contributed by atoms with E-state index < -0.39 is 23.6 Å². The van der Waals surface area contributed by atoms with Gasteiger partial charge in [-0.05, 0) is 58.2 Å². The fourth-order valence-electron chi connectivity index (χ4n) is 3.21. The minimum Gasteiger partial charge on any atom is -0.497 e. The summed E-state index contributed by atoms with van der Waals surface area (Å²) in [6.07, 6.45) is 0.377. The van der Waals surface area contributed by atoms with Crippen LogP contribution in [0.2, 0.25) is 5.15 Å². The zero-order chi connectivity index (χ0) is 27.9. The number of nitrogens with zero attached hydrogens (tertiary/aromatic N) is 3. The van der Waals surface area contributed by atoms with E-state index in [1.807, 2.05) is 19.1 Å². The maximum atomic E-state index is 12.6. The van der Waals surface area contributed by atoms with E-state index in [9.17, 15) is 14.4 Å². The number of hydrogen-bond donors (Lipinski definition) is 3. The first kappa shape index (κ1) is 29.6. The van der Waals surface area contributed by atoms with Gasteiger partial charge in [0.1, 0.15) is 17.4 Å². The minimum absolute atomic E-state index is 0.0269. The third-order valence-electron chi connectivity index (χ3n) is 5.31. The number of aryl methyl sites for hydroxylation is 1. The van der Waals surface area contributed by atoms with Crippen LogP contribution in [0, 0.1) is 0 Å². The zero-order valence-electron chi connectivity index (χ0n) is 22.3. The van der Waals surface area contributed by atoms with Crippen molar-refractivity contribution in [3.63, 3.8) is 0 Å². The molecule has 1 atom stereocenters. The van der Waals surface area contributed by atoms with Gasteiger partial charge in [0, 0.05) is 25.3 Å². The van der Waals surface area contributed by atoms with Crippen LogP contribution in [0.25, 0.3) is 0 Å². The van der Waals surface area contributed by atoms with Gasteiger partial charge in [0.25, 0.3) is 5.91 Å². The molecule has 1 heterocycles. The number of amides is 3. The number of aromatic nitrogens is 2. The number of rotatable bonds is 10. The first-order valence-electron chi connectivity index (χ1n) is 11.8. The normalized spacial score (nSPS) is 11.9. The van der Waals surface area contributed by atoms with E-state index in [1.54, 1.807) is 33.8 Å². The van der Waals surface area contributed by atoms with Crippen molar-refractivity contribution in [2.24, 2.45) is 5.73 Å². The lowest BCUT2D eigenvalue weighted by atomic mass is 10.1. The molecule has 0 saturated heterocycles. The first-order chi connectivity index (χ1) is 17.2. The molecule has 2 rings (SSSR count). The standard InChI is InChI=1S/C25H35ClN6O5/c1-8-18-20(26)31-22(19(30-18)21(27)33)29-16-11-15(12-17(13-16)36-7)9-10-28-23(34)14(2)32(6)24(35)37-25(3,4)5/h11-14H,8-10H2,1-7H3,(H2,27,33)(H,28,34)(H,29,31)/t14-/m0/s1. The van der Waals surface area contributed by atoms with Crippen LogP contribution in [0.1, 0.15) is 56.4 Å². The van der Waals surface area contributed by atoms with Crippen LogP contribution in [-0.4, -0.2) is 65.1 Å². The molecule has 3 amide bonds. The fourth-order valence-corrected chi connectivity index (χ4v) is 3.47. The molecule has 0 aliphatic carbocycles. The van der Waals surface area contributed by atoms with Gasteiger partial charge in [0.15, 0.2) is 16.7 Å². The Labute approximate surface area is 222 Å². The zero-order valence-corrected chi connectivity index (χ0v) is 23.0. The average molecular weight is 535 g/mol. The van der Waals surface area contributed by atoms with Crippen molar-refractivity contribution >= 4 is 41.0 Å². The number of ether oxygens (including phenoxy) is 2. The highest BCUT2D eigenvalue weighted by Crippen LogP contribution is 2.26. The third kappa shape index (κ3) is 8.49. The number of anilines is 2. The second kappa shape index (κ2) is 12.6. The SMILES string of the molecule is CCc1nc(C(N)=O)c(Nc2cc(CCNC(=O)[C@H](C)N(C)C(=O)OC(C)(C)C)cc(OC)c2)nc1Cl. The van der Waals surface area contributed by atoms with Gasteiger partial charge < -0.3 is 25.8 Å². The summed E-state index contributed by atoms with van der Waals surface area (Å²) in [6.45, 7) is 9.06. The Bertz CT molecular complexity index is 1150. The van der Waals surface area contributed by atoms with E-state index in [1.165, 1.54) is 19.1 Å². The van der Waals surface area contributed by atoms with E-state index >= 15 is 0 Å². The van der Waals surface area contributed by atoms with Crippen molar-refractivity contribution in [2.75, 3.05) is 26.0 Å². The Balaban J connectivity index is 2.12. The number of methoxy groups -OCH3 is 1. The summed E-state index contributed by atoms with van der Waals surface area (Å²) >= 11 is 6.20. The predicted molar refractivity (Wildman–Crippen MR) is 141 cm³/mol. The number of likely N-dealkylation sites (N-methyl/N-ethyl adjacent to an activating group) is 1. The number of benzene rings is 1. The van der Waals surface area contributed by atoms with Crippen LogP contribution in [0.3, 0.4) is 0 Å². The van der Waals surface area contributed by atoms with E-state index in [0.717, 1.165) is 5.56 Å². The number of nitrogens with one attached hydrogen (secondary N) is 2. The van der Waals surface area contributed by atoms with Crippen LogP contribution in [0.15, 0.2) is 18.2 Å². The molecule has 11 nitrogen and oxygen atoms in total. The van der Waals surface area contributed by atoms with Crippen molar-refractivity contribution in [3.8, 4) is 5.75 Å². The highest BCUT2D eigenvalue weighted by Gasteiger charge is 2.26. The topological polar surface area (TPSA) is 149 Å². The highest BCUT2D eigenvalue weighted by molar-refractivity contribution is 6.30. The molecule has 0 spiro atoms. The van der Waals surface area contributed by atoms with E-state index in [-0.39, 0.29) is 22.6 Å². The molecule has 37 heavy (non-hydrogen) atoms. The van der Waals surface area contributed by atoms with E-state index in [2.05, 4.69) is 20.6 Å². The van der Waals surface area contributed by atoms with E-state index in [0.29, 0.717) is 36.5 Å². The van der Waals surface area contributed by atoms with Crippen molar-refractivity contribution in [1.82, 2.24) is 20.2 Å². The second-order valence-electron chi connectivity index (χ2n) is 9.38. The number of hydrogen-bond acceptors (Lipinski definition) is 8. The lowest BCUT2D eigenvalue weighted by Gasteiger charge is -2.28. The Kier molecular flexibility index (Phi) is 10.1. The van der Waals surface area contributed by atoms with Crippen LogP contribution in [0.4, 0.5) is 16.3 Å². The van der Waals surface area contributed by atoms with Crippen molar-refractivity contribution in [3.05, 3.63) is 40.3 Å². The van der Waals surface area contributed by atoms with Crippen molar-refractivity contribution < 1.29 is 23.9 Å². The Morgan fingerprint density at radius 2 is 1.86 bits per heavy atom. The molecule has 202 valence electrons. The molecule has 0 aliphatic heterocycles. The summed E-state index contributed by atoms with van der Waals surface area (Å²) in [7, 11) is 3.04. The molecule has 0 unspecified atom stereocenters. The first-order valence-corrected chi connectivity index (χ1v) is 12.2. The summed E-state index contributed by atoms with van der Waals surface area (Å²) in [4.78, 5) is 46.5. The van der Waals surface area contributed by atoms with Crippen molar-refractivity contribution in [2.45, 2.75) is 59.1 Å². The third-order valence-corrected chi connectivity index (χ3v) is 5.61. The molecule has 0 fully saturated rings. The number of halogens is 1. The van der Waals surface area contributed by atoms with Crippen molar-refractivity contribution in [1.29, 1.82) is 0 Å². The molecular formula is C25H35ClN6O5. The molecule has 12 heteroatoms. The Hall–Kier alpha value is -3.60. The smallest absolute Gasteiger partial charge is 0.410 e. The van der Waals surface area contributed by atoms with Crippen LogP contribution in [0.5, 0.6) is 5.75 Å². The summed E-state index contributed by atoms with van der Waals surface area (Å²) in [5.74, 6) is -0.380. The molecule has 0 aliphatic rings. The van der Waals surface area contributed by atoms with Crippen LogP contribution in [-0.2, 0) is 22.4 Å². The average Bonchev–Trinajstić information content (AvgIpc) is 2.81. The van der Waals surface area contributed by atoms with Crippen LogP contribution < -0.4 is 21.1 Å².